The molecule has 4 aromatic rings. The van der Waals surface area contributed by atoms with Crippen LogP contribution in [0, 0.1) is 0 Å². The highest BCUT2D eigenvalue weighted by molar-refractivity contribution is 7.13. The predicted octanol–water partition coefficient (Wildman–Crippen LogP) is 4.55. The van der Waals surface area contributed by atoms with E-state index in [4.69, 9.17) is 18.7 Å². The standard InChI is InChI=1S/C23H21N3O5S/c1-3-29-19-11-7-5-9-17(19)23-24-15(14-32-23)12-21(27)30-13-20-25-22(26-31-20)16-8-4-6-10-18(16)28-2/h4-11,14H,3,12-13H2,1-2H3. The highest BCUT2D eigenvalue weighted by Gasteiger charge is 2.16. The smallest absolute Gasteiger partial charge is 0.312 e. The molecule has 0 N–H and O–H groups in total. The molecule has 2 aromatic carbocycles. The molecule has 0 amide bonds. The number of aromatic nitrogens is 3. The molecule has 0 saturated heterocycles. The summed E-state index contributed by atoms with van der Waals surface area (Å²) in [6.45, 7) is 2.38. The summed E-state index contributed by atoms with van der Waals surface area (Å²) >= 11 is 1.45. The van der Waals surface area contributed by atoms with Crippen LogP contribution >= 0.6 is 11.3 Å². The molecular formula is C23H21N3O5S. The van der Waals surface area contributed by atoms with Gasteiger partial charge in [0.15, 0.2) is 6.61 Å². The summed E-state index contributed by atoms with van der Waals surface area (Å²) in [5, 5.41) is 6.56. The lowest BCUT2D eigenvalue weighted by Gasteiger charge is -2.07. The number of methoxy groups -OCH3 is 1. The minimum atomic E-state index is -0.433. The normalized spacial score (nSPS) is 10.7. The second kappa shape index (κ2) is 10.1. The fraction of sp³-hybridized carbons (Fsp3) is 0.217. The summed E-state index contributed by atoms with van der Waals surface area (Å²) in [6.07, 6.45) is 0.0425. The molecule has 2 heterocycles. The van der Waals surface area contributed by atoms with Crippen LogP contribution in [-0.2, 0) is 22.6 Å². The third-order valence-electron chi connectivity index (χ3n) is 4.47. The molecule has 0 radical (unpaired) electrons. The summed E-state index contributed by atoms with van der Waals surface area (Å²) in [6, 6.07) is 15.0. The van der Waals surface area contributed by atoms with E-state index >= 15 is 0 Å². The molecule has 0 aliphatic rings. The Morgan fingerprint density at radius 3 is 2.56 bits per heavy atom. The van der Waals surface area contributed by atoms with Crippen molar-refractivity contribution in [2.45, 2.75) is 20.0 Å². The van der Waals surface area contributed by atoms with Crippen LogP contribution in [0.15, 0.2) is 58.4 Å². The van der Waals surface area contributed by atoms with Crippen LogP contribution in [0.25, 0.3) is 22.0 Å². The molecule has 0 atom stereocenters. The third-order valence-corrected chi connectivity index (χ3v) is 5.39. The lowest BCUT2D eigenvalue weighted by molar-refractivity contribution is -0.144. The molecule has 0 aliphatic heterocycles. The van der Waals surface area contributed by atoms with Gasteiger partial charge in [0.05, 0.1) is 37.0 Å². The van der Waals surface area contributed by atoms with Crippen LogP contribution < -0.4 is 9.47 Å². The molecule has 8 nitrogen and oxygen atoms in total. The van der Waals surface area contributed by atoms with Crippen LogP contribution in [0.4, 0.5) is 0 Å². The molecule has 4 rings (SSSR count). The van der Waals surface area contributed by atoms with Crippen molar-refractivity contribution in [2.24, 2.45) is 0 Å². The summed E-state index contributed by atoms with van der Waals surface area (Å²) in [7, 11) is 1.57. The second-order valence-electron chi connectivity index (χ2n) is 6.62. The van der Waals surface area contributed by atoms with Gasteiger partial charge in [0.25, 0.3) is 5.89 Å². The molecule has 32 heavy (non-hydrogen) atoms. The van der Waals surface area contributed by atoms with Crippen LogP contribution in [0.2, 0.25) is 0 Å². The van der Waals surface area contributed by atoms with Crippen LogP contribution in [0.3, 0.4) is 0 Å². The Morgan fingerprint density at radius 1 is 1.03 bits per heavy atom. The zero-order chi connectivity index (χ0) is 22.3. The van der Waals surface area contributed by atoms with Crippen LogP contribution in [0.1, 0.15) is 18.5 Å². The van der Waals surface area contributed by atoms with Gasteiger partial charge in [-0.15, -0.1) is 11.3 Å². The number of hydrogen-bond donors (Lipinski definition) is 0. The van der Waals surface area contributed by atoms with E-state index < -0.39 is 5.97 Å². The number of esters is 1. The van der Waals surface area contributed by atoms with Crippen molar-refractivity contribution in [3.05, 3.63) is 65.5 Å². The van der Waals surface area contributed by atoms with Crippen LogP contribution in [-0.4, -0.2) is 34.8 Å². The van der Waals surface area contributed by atoms with Crippen molar-refractivity contribution in [3.63, 3.8) is 0 Å². The summed E-state index contributed by atoms with van der Waals surface area (Å²) < 4.78 is 21.5. The van der Waals surface area contributed by atoms with Gasteiger partial charge in [-0.3, -0.25) is 4.79 Å². The lowest BCUT2D eigenvalue weighted by Crippen LogP contribution is -2.08. The predicted molar refractivity (Wildman–Crippen MR) is 119 cm³/mol. The highest BCUT2D eigenvalue weighted by atomic mass is 32.1. The average molecular weight is 452 g/mol. The fourth-order valence-corrected chi connectivity index (χ4v) is 3.88. The van der Waals surface area contributed by atoms with Crippen molar-refractivity contribution in [2.75, 3.05) is 13.7 Å². The summed E-state index contributed by atoms with van der Waals surface area (Å²) in [5.74, 6) is 1.52. The molecule has 9 heteroatoms. The van der Waals surface area contributed by atoms with Gasteiger partial charge in [-0.25, -0.2) is 4.98 Å². The van der Waals surface area contributed by atoms with E-state index in [0.717, 1.165) is 16.3 Å². The van der Waals surface area contributed by atoms with Gasteiger partial charge in [0, 0.05) is 5.38 Å². The number of rotatable bonds is 9. The third kappa shape index (κ3) is 4.94. The maximum Gasteiger partial charge on any atom is 0.312 e. The van der Waals surface area contributed by atoms with Crippen molar-refractivity contribution in [3.8, 4) is 33.5 Å². The summed E-state index contributed by atoms with van der Waals surface area (Å²) in [4.78, 5) is 21.1. The van der Waals surface area contributed by atoms with Crippen molar-refractivity contribution in [1.82, 2.24) is 15.1 Å². The van der Waals surface area contributed by atoms with Gasteiger partial charge in [-0.2, -0.15) is 4.98 Å². The van der Waals surface area contributed by atoms with E-state index in [1.165, 1.54) is 11.3 Å². The molecular weight excluding hydrogens is 430 g/mol. The zero-order valence-electron chi connectivity index (χ0n) is 17.6. The maximum absolute atomic E-state index is 12.3. The van der Waals surface area contributed by atoms with Gasteiger partial charge in [-0.05, 0) is 31.2 Å². The Hall–Kier alpha value is -3.72. The number of carbonyl (C=O) groups is 1. The van der Waals surface area contributed by atoms with E-state index in [-0.39, 0.29) is 18.9 Å². The number of para-hydroxylation sites is 2. The van der Waals surface area contributed by atoms with Gasteiger partial charge in [0.1, 0.15) is 16.5 Å². The van der Waals surface area contributed by atoms with E-state index in [1.54, 1.807) is 13.2 Å². The van der Waals surface area contributed by atoms with E-state index in [9.17, 15) is 4.79 Å². The topological polar surface area (TPSA) is 96.6 Å². The summed E-state index contributed by atoms with van der Waals surface area (Å²) in [5.41, 5.74) is 2.22. The van der Waals surface area contributed by atoms with Gasteiger partial charge < -0.3 is 18.7 Å². The Labute approximate surface area is 188 Å². The molecule has 2 aromatic heterocycles. The number of carbonyl (C=O) groups excluding carboxylic acids is 1. The SMILES string of the molecule is CCOc1ccccc1-c1nc(CC(=O)OCc2nc(-c3ccccc3OC)no2)cs1. The zero-order valence-corrected chi connectivity index (χ0v) is 18.4. The minimum absolute atomic E-state index is 0.0425. The number of benzene rings is 2. The average Bonchev–Trinajstić information content (AvgIpc) is 3.48. The Kier molecular flexibility index (Phi) is 6.76. The second-order valence-corrected chi connectivity index (χ2v) is 7.48. The number of thiazole rings is 1. The van der Waals surface area contributed by atoms with Crippen molar-refractivity contribution < 1.29 is 23.5 Å². The highest BCUT2D eigenvalue weighted by Crippen LogP contribution is 2.32. The Bertz CT molecular complexity index is 1200. The molecule has 0 bridgehead atoms. The fourth-order valence-electron chi connectivity index (χ4n) is 3.03. The van der Waals surface area contributed by atoms with E-state index in [2.05, 4.69) is 15.1 Å². The van der Waals surface area contributed by atoms with E-state index in [0.29, 0.717) is 29.4 Å². The van der Waals surface area contributed by atoms with E-state index in [1.807, 2.05) is 54.8 Å². The monoisotopic (exact) mass is 451 g/mol. The number of nitrogens with zero attached hydrogens (tertiary/aromatic N) is 3. The number of ether oxygens (including phenoxy) is 3. The molecule has 0 fully saturated rings. The largest absolute Gasteiger partial charge is 0.496 e. The van der Waals surface area contributed by atoms with Crippen LogP contribution in [0.5, 0.6) is 11.5 Å². The van der Waals surface area contributed by atoms with Gasteiger partial charge >= 0.3 is 5.97 Å². The maximum atomic E-state index is 12.3. The Morgan fingerprint density at radius 2 is 1.78 bits per heavy atom. The van der Waals surface area contributed by atoms with Gasteiger partial charge in [0.2, 0.25) is 5.82 Å². The lowest BCUT2D eigenvalue weighted by atomic mass is 10.2. The number of hydrogen-bond acceptors (Lipinski definition) is 9. The molecule has 0 saturated carbocycles. The molecule has 164 valence electrons. The van der Waals surface area contributed by atoms with Gasteiger partial charge in [-0.1, -0.05) is 29.4 Å². The first-order valence-electron chi connectivity index (χ1n) is 9.96. The minimum Gasteiger partial charge on any atom is -0.496 e. The first-order valence-corrected chi connectivity index (χ1v) is 10.8. The first-order chi connectivity index (χ1) is 15.7. The first kappa shape index (κ1) is 21.5. The quantitative estimate of drug-likeness (QED) is 0.342. The Balaban J connectivity index is 1.36. The van der Waals surface area contributed by atoms with Crippen molar-refractivity contribution in [1.29, 1.82) is 0 Å². The molecule has 0 spiro atoms. The van der Waals surface area contributed by atoms with Crippen molar-refractivity contribution >= 4 is 17.3 Å². The molecule has 0 aliphatic carbocycles. The molecule has 0 unspecified atom stereocenters.